The van der Waals surface area contributed by atoms with E-state index in [0.717, 1.165) is 43.9 Å². The Morgan fingerprint density at radius 2 is 1.81 bits per heavy atom. The van der Waals surface area contributed by atoms with Gasteiger partial charge in [0.25, 0.3) is 0 Å². The van der Waals surface area contributed by atoms with Gasteiger partial charge in [-0.2, -0.15) is 5.10 Å². The van der Waals surface area contributed by atoms with Crippen LogP contribution in [0.5, 0.6) is 0 Å². The second-order valence-electron chi connectivity index (χ2n) is 6.88. The van der Waals surface area contributed by atoms with Crippen molar-refractivity contribution in [3.05, 3.63) is 11.6 Å². The monoisotopic (exact) mass is 288 g/mol. The van der Waals surface area contributed by atoms with Crippen molar-refractivity contribution >= 4 is 5.91 Å². The van der Waals surface area contributed by atoms with Gasteiger partial charge in [0.1, 0.15) is 5.82 Å². The van der Waals surface area contributed by atoms with E-state index in [0.29, 0.717) is 11.8 Å². The van der Waals surface area contributed by atoms with Gasteiger partial charge < -0.3 is 4.90 Å². The van der Waals surface area contributed by atoms with Gasteiger partial charge in [-0.1, -0.05) is 12.8 Å². The normalized spacial score (nSPS) is 27.2. The lowest BCUT2D eigenvalue weighted by molar-refractivity contribution is -0.139. The maximum Gasteiger partial charge on any atom is 0.226 e. The van der Waals surface area contributed by atoms with Crippen LogP contribution >= 0.6 is 0 Å². The summed E-state index contributed by atoms with van der Waals surface area (Å²) in [4.78, 5) is 19.6. The van der Waals surface area contributed by atoms with Crippen molar-refractivity contribution in [2.45, 2.75) is 69.7 Å². The molecule has 0 radical (unpaired) electrons. The zero-order chi connectivity index (χ0) is 14.2. The lowest BCUT2D eigenvalue weighted by atomic mass is 9.98. The molecule has 114 valence electrons. The predicted octanol–water partition coefficient (Wildman–Crippen LogP) is 2.93. The summed E-state index contributed by atoms with van der Waals surface area (Å²) in [5.41, 5.74) is 0. The third-order valence-corrected chi connectivity index (χ3v) is 5.27. The van der Waals surface area contributed by atoms with Crippen molar-refractivity contribution in [3.8, 4) is 0 Å². The number of nitrogens with one attached hydrogen (secondary N) is 1. The first kappa shape index (κ1) is 13.3. The number of aromatic amines is 1. The van der Waals surface area contributed by atoms with Crippen LogP contribution in [0.2, 0.25) is 0 Å². The first-order valence-electron chi connectivity index (χ1n) is 8.55. The van der Waals surface area contributed by atoms with E-state index in [1.54, 1.807) is 0 Å². The van der Waals surface area contributed by atoms with Crippen molar-refractivity contribution in [3.63, 3.8) is 0 Å². The number of likely N-dealkylation sites (tertiary alicyclic amines) is 1. The highest BCUT2D eigenvalue weighted by molar-refractivity contribution is 5.79. The molecule has 21 heavy (non-hydrogen) atoms. The number of hydrogen-bond donors (Lipinski definition) is 1. The van der Waals surface area contributed by atoms with Crippen LogP contribution in [0.1, 0.15) is 81.4 Å². The van der Waals surface area contributed by atoms with Crippen molar-refractivity contribution in [2.24, 2.45) is 5.92 Å². The molecule has 0 spiro atoms. The first-order chi connectivity index (χ1) is 10.3. The molecule has 1 aromatic rings. The molecular formula is C16H24N4O. The van der Waals surface area contributed by atoms with E-state index in [-0.39, 0.29) is 12.0 Å². The van der Waals surface area contributed by atoms with Gasteiger partial charge in [-0.15, -0.1) is 0 Å². The fraction of sp³-hybridized carbons (Fsp3) is 0.812. The topological polar surface area (TPSA) is 61.9 Å². The van der Waals surface area contributed by atoms with E-state index in [4.69, 9.17) is 4.98 Å². The molecule has 3 aliphatic rings. The molecule has 0 aromatic carbocycles. The summed E-state index contributed by atoms with van der Waals surface area (Å²) >= 11 is 0. The van der Waals surface area contributed by atoms with E-state index >= 15 is 0 Å². The first-order valence-corrected chi connectivity index (χ1v) is 8.55. The molecule has 1 N–H and O–H groups in total. The number of piperidine rings is 1. The van der Waals surface area contributed by atoms with Gasteiger partial charge in [-0.3, -0.25) is 9.89 Å². The molecule has 1 atom stereocenters. The molecule has 2 saturated carbocycles. The van der Waals surface area contributed by atoms with Crippen LogP contribution in [0.15, 0.2) is 0 Å². The minimum atomic E-state index is 0.131. The average molecular weight is 288 g/mol. The molecule has 1 aliphatic heterocycles. The van der Waals surface area contributed by atoms with Crippen LogP contribution in [0, 0.1) is 5.92 Å². The summed E-state index contributed by atoms with van der Waals surface area (Å²) in [7, 11) is 0. The lowest BCUT2D eigenvalue weighted by Crippen LogP contribution is -2.41. The molecule has 1 aromatic heterocycles. The van der Waals surface area contributed by atoms with Crippen molar-refractivity contribution < 1.29 is 4.79 Å². The number of aromatic nitrogens is 3. The largest absolute Gasteiger partial charge is 0.332 e. The van der Waals surface area contributed by atoms with Crippen LogP contribution in [0.25, 0.3) is 0 Å². The standard InChI is InChI=1S/C16H24N4O/c21-16(12-5-1-2-6-12)20-10-4-3-7-13(20)15-17-14(18-19-15)11-8-9-11/h11-13H,1-10H2,(H,17,18,19). The Morgan fingerprint density at radius 1 is 1.05 bits per heavy atom. The summed E-state index contributed by atoms with van der Waals surface area (Å²) < 4.78 is 0. The molecule has 2 heterocycles. The highest BCUT2D eigenvalue weighted by atomic mass is 16.2. The summed E-state index contributed by atoms with van der Waals surface area (Å²) in [6, 6.07) is 0.131. The molecule has 5 heteroatoms. The van der Waals surface area contributed by atoms with E-state index in [1.807, 2.05) is 0 Å². The highest BCUT2D eigenvalue weighted by Crippen LogP contribution is 2.39. The molecule has 1 saturated heterocycles. The maximum absolute atomic E-state index is 12.8. The molecule has 1 unspecified atom stereocenters. The molecule has 2 aliphatic carbocycles. The lowest BCUT2D eigenvalue weighted by Gasteiger charge is -2.36. The van der Waals surface area contributed by atoms with E-state index < -0.39 is 0 Å². The molecule has 3 fully saturated rings. The highest BCUT2D eigenvalue weighted by Gasteiger charge is 2.36. The third-order valence-electron chi connectivity index (χ3n) is 5.27. The Bertz CT molecular complexity index is 516. The van der Waals surface area contributed by atoms with Gasteiger partial charge in [0.2, 0.25) is 5.91 Å². The van der Waals surface area contributed by atoms with Gasteiger partial charge in [0.15, 0.2) is 5.82 Å². The predicted molar refractivity (Wildman–Crippen MR) is 78.6 cm³/mol. The molecule has 5 nitrogen and oxygen atoms in total. The average Bonchev–Trinajstić information content (AvgIpc) is 3.05. The summed E-state index contributed by atoms with van der Waals surface area (Å²) in [6.45, 7) is 0.888. The van der Waals surface area contributed by atoms with E-state index in [2.05, 4.69) is 15.1 Å². The number of carbonyl (C=O) groups excluding carboxylic acids is 1. The number of H-pyrrole nitrogens is 1. The van der Waals surface area contributed by atoms with Gasteiger partial charge >= 0.3 is 0 Å². The van der Waals surface area contributed by atoms with Crippen LogP contribution in [0.3, 0.4) is 0 Å². The summed E-state index contributed by atoms with van der Waals surface area (Å²) in [5, 5.41) is 7.49. The molecule has 0 bridgehead atoms. The Kier molecular flexibility index (Phi) is 3.43. The second kappa shape index (κ2) is 5.43. The zero-order valence-corrected chi connectivity index (χ0v) is 12.6. The number of hydrogen-bond acceptors (Lipinski definition) is 3. The Morgan fingerprint density at radius 3 is 2.57 bits per heavy atom. The number of amides is 1. The minimum absolute atomic E-state index is 0.131. The Balaban J connectivity index is 1.53. The number of nitrogens with zero attached hydrogens (tertiary/aromatic N) is 3. The number of carbonyl (C=O) groups is 1. The molecule has 1 amide bonds. The van der Waals surface area contributed by atoms with Crippen molar-refractivity contribution in [1.82, 2.24) is 20.1 Å². The van der Waals surface area contributed by atoms with Gasteiger partial charge in [-0.05, 0) is 44.9 Å². The van der Waals surface area contributed by atoms with Crippen LogP contribution in [0.4, 0.5) is 0 Å². The zero-order valence-electron chi connectivity index (χ0n) is 12.6. The van der Waals surface area contributed by atoms with Gasteiger partial charge in [-0.25, -0.2) is 4.98 Å². The fourth-order valence-electron chi connectivity index (χ4n) is 3.85. The van der Waals surface area contributed by atoms with Crippen molar-refractivity contribution in [1.29, 1.82) is 0 Å². The number of rotatable bonds is 3. The smallest absolute Gasteiger partial charge is 0.226 e. The van der Waals surface area contributed by atoms with E-state index in [1.165, 1.54) is 32.1 Å². The second-order valence-corrected chi connectivity index (χ2v) is 6.88. The van der Waals surface area contributed by atoms with E-state index in [9.17, 15) is 4.79 Å². The van der Waals surface area contributed by atoms with Crippen LogP contribution < -0.4 is 0 Å². The third kappa shape index (κ3) is 2.58. The van der Waals surface area contributed by atoms with Crippen LogP contribution in [-0.2, 0) is 4.79 Å². The van der Waals surface area contributed by atoms with Gasteiger partial charge in [0, 0.05) is 18.4 Å². The van der Waals surface area contributed by atoms with Crippen LogP contribution in [-0.4, -0.2) is 32.5 Å². The fourth-order valence-corrected chi connectivity index (χ4v) is 3.85. The molecular weight excluding hydrogens is 264 g/mol. The summed E-state index contributed by atoms with van der Waals surface area (Å²) in [5.74, 6) is 3.07. The summed E-state index contributed by atoms with van der Waals surface area (Å²) in [6.07, 6.45) is 10.3. The SMILES string of the molecule is O=C(C1CCCC1)N1CCCCC1c1nc(C2CC2)n[nH]1. The van der Waals surface area contributed by atoms with Gasteiger partial charge in [0.05, 0.1) is 6.04 Å². The minimum Gasteiger partial charge on any atom is -0.332 e. The molecule has 4 rings (SSSR count). The maximum atomic E-state index is 12.8. The quantitative estimate of drug-likeness (QED) is 0.930. The Labute approximate surface area is 125 Å². The Hall–Kier alpha value is -1.39. The van der Waals surface area contributed by atoms with Crippen molar-refractivity contribution in [2.75, 3.05) is 6.54 Å².